The first-order valence-electron chi connectivity index (χ1n) is 6.08. The summed E-state index contributed by atoms with van der Waals surface area (Å²) in [5.41, 5.74) is 12.9. The van der Waals surface area contributed by atoms with Crippen LogP contribution in [0.3, 0.4) is 0 Å². The van der Waals surface area contributed by atoms with Crippen LogP contribution >= 0.6 is 0 Å². The Bertz CT molecular complexity index is 377. The predicted molar refractivity (Wildman–Crippen MR) is 72.0 cm³/mol. The first-order chi connectivity index (χ1) is 8.15. The van der Waals surface area contributed by atoms with Crippen LogP contribution in [0.4, 0.5) is 11.4 Å². The number of nitrogens with one attached hydrogen (secondary N) is 1. The SMILES string of the molecule is CCCCCCNc1ccc(C(N)=O)cc1N. The number of nitrogen functional groups attached to an aromatic ring is 1. The molecule has 1 amide bonds. The lowest BCUT2D eigenvalue weighted by atomic mass is 10.1. The number of benzene rings is 1. The lowest BCUT2D eigenvalue weighted by molar-refractivity contribution is 0.100. The molecule has 0 saturated heterocycles. The molecule has 0 atom stereocenters. The zero-order chi connectivity index (χ0) is 12.7. The molecule has 17 heavy (non-hydrogen) atoms. The van der Waals surface area contributed by atoms with Gasteiger partial charge in [0.2, 0.25) is 5.91 Å². The normalized spacial score (nSPS) is 10.2. The highest BCUT2D eigenvalue weighted by molar-refractivity contribution is 5.94. The average molecular weight is 235 g/mol. The number of primary amides is 1. The number of unbranched alkanes of at least 4 members (excludes halogenated alkanes) is 3. The standard InChI is InChI=1S/C13H21N3O/c1-2-3-4-5-8-16-12-7-6-10(13(15)17)9-11(12)14/h6-7,9,16H,2-5,8,14H2,1H3,(H2,15,17). The van der Waals surface area contributed by atoms with E-state index >= 15 is 0 Å². The van der Waals surface area contributed by atoms with Crippen LogP contribution in [0, 0.1) is 0 Å². The summed E-state index contributed by atoms with van der Waals surface area (Å²) in [7, 11) is 0. The summed E-state index contributed by atoms with van der Waals surface area (Å²) >= 11 is 0. The number of hydrogen-bond donors (Lipinski definition) is 3. The van der Waals surface area contributed by atoms with E-state index in [2.05, 4.69) is 12.2 Å². The summed E-state index contributed by atoms with van der Waals surface area (Å²) < 4.78 is 0. The zero-order valence-corrected chi connectivity index (χ0v) is 10.3. The summed E-state index contributed by atoms with van der Waals surface area (Å²) in [6, 6.07) is 5.10. The number of carbonyl (C=O) groups excluding carboxylic acids is 1. The first kappa shape index (κ1) is 13.4. The van der Waals surface area contributed by atoms with Crippen molar-refractivity contribution < 1.29 is 4.79 Å². The minimum absolute atomic E-state index is 0.444. The minimum Gasteiger partial charge on any atom is -0.397 e. The van der Waals surface area contributed by atoms with Gasteiger partial charge in [0.15, 0.2) is 0 Å². The van der Waals surface area contributed by atoms with Crippen molar-refractivity contribution in [1.82, 2.24) is 0 Å². The van der Waals surface area contributed by atoms with E-state index in [1.54, 1.807) is 18.2 Å². The molecule has 0 spiro atoms. The summed E-state index contributed by atoms with van der Waals surface area (Å²) in [5, 5.41) is 3.26. The largest absolute Gasteiger partial charge is 0.397 e. The molecule has 0 unspecified atom stereocenters. The Hall–Kier alpha value is -1.71. The van der Waals surface area contributed by atoms with E-state index in [-0.39, 0.29) is 0 Å². The molecule has 1 aromatic rings. The smallest absolute Gasteiger partial charge is 0.248 e. The Morgan fingerprint density at radius 3 is 2.65 bits per heavy atom. The maximum absolute atomic E-state index is 10.9. The summed E-state index contributed by atoms with van der Waals surface area (Å²) in [4.78, 5) is 10.9. The van der Waals surface area contributed by atoms with Crippen LogP contribution in [0.1, 0.15) is 43.0 Å². The van der Waals surface area contributed by atoms with Gasteiger partial charge in [0.25, 0.3) is 0 Å². The third-order valence-corrected chi connectivity index (χ3v) is 2.68. The van der Waals surface area contributed by atoms with Gasteiger partial charge >= 0.3 is 0 Å². The zero-order valence-electron chi connectivity index (χ0n) is 10.3. The number of hydrogen-bond acceptors (Lipinski definition) is 3. The fourth-order valence-electron chi connectivity index (χ4n) is 1.65. The van der Waals surface area contributed by atoms with Gasteiger partial charge in [-0.1, -0.05) is 26.2 Å². The van der Waals surface area contributed by atoms with Crippen molar-refractivity contribution in [1.29, 1.82) is 0 Å². The van der Waals surface area contributed by atoms with Gasteiger partial charge in [0, 0.05) is 12.1 Å². The fourth-order valence-corrected chi connectivity index (χ4v) is 1.65. The van der Waals surface area contributed by atoms with Gasteiger partial charge in [0.1, 0.15) is 0 Å². The Labute approximate surface area is 102 Å². The van der Waals surface area contributed by atoms with Crippen molar-refractivity contribution in [3.63, 3.8) is 0 Å². The highest BCUT2D eigenvalue weighted by Crippen LogP contribution is 2.19. The number of amides is 1. The van der Waals surface area contributed by atoms with Crippen LogP contribution < -0.4 is 16.8 Å². The summed E-state index contributed by atoms with van der Waals surface area (Å²) in [6.45, 7) is 3.09. The second kappa shape index (κ2) is 6.78. The number of rotatable bonds is 7. The van der Waals surface area contributed by atoms with Crippen molar-refractivity contribution >= 4 is 17.3 Å². The first-order valence-corrected chi connectivity index (χ1v) is 6.08. The highest BCUT2D eigenvalue weighted by Gasteiger charge is 2.03. The van der Waals surface area contributed by atoms with Gasteiger partial charge in [-0.25, -0.2) is 0 Å². The van der Waals surface area contributed by atoms with Gasteiger partial charge in [-0.3, -0.25) is 4.79 Å². The monoisotopic (exact) mass is 235 g/mol. The number of carbonyl (C=O) groups is 1. The van der Waals surface area contributed by atoms with Crippen molar-refractivity contribution in [2.75, 3.05) is 17.6 Å². The van der Waals surface area contributed by atoms with Gasteiger partial charge in [-0.05, 0) is 24.6 Å². The number of nitrogens with two attached hydrogens (primary N) is 2. The van der Waals surface area contributed by atoms with E-state index in [4.69, 9.17) is 11.5 Å². The molecule has 4 nitrogen and oxygen atoms in total. The summed E-state index contributed by atoms with van der Waals surface area (Å²) in [5.74, 6) is -0.453. The van der Waals surface area contributed by atoms with Gasteiger partial charge in [-0.15, -0.1) is 0 Å². The van der Waals surface area contributed by atoms with Crippen LogP contribution in [0.15, 0.2) is 18.2 Å². The maximum Gasteiger partial charge on any atom is 0.248 e. The Kier molecular flexibility index (Phi) is 5.33. The quantitative estimate of drug-likeness (QED) is 0.501. The third kappa shape index (κ3) is 4.34. The van der Waals surface area contributed by atoms with Crippen LogP contribution in [0.5, 0.6) is 0 Å². The molecule has 0 radical (unpaired) electrons. The molecule has 0 bridgehead atoms. The molecular weight excluding hydrogens is 214 g/mol. The average Bonchev–Trinajstić information content (AvgIpc) is 2.30. The summed E-state index contributed by atoms with van der Waals surface area (Å²) in [6.07, 6.45) is 4.85. The molecule has 0 aliphatic carbocycles. The minimum atomic E-state index is -0.453. The molecule has 0 saturated carbocycles. The molecule has 0 aliphatic rings. The molecular formula is C13H21N3O. The van der Waals surface area contributed by atoms with Gasteiger partial charge in [0.05, 0.1) is 11.4 Å². The van der Waals surface area contributed by atoms with E-state index < -0.39 is 5.91 Å². The topological polar surface area (TPSA) is 81.1 Å². The highest BCUT2D eigenvalue weighted by atomic mass is 16.1. The second-order valence-corrected chi connectivity index (χ2v) is 4.15. The molecule has 1 aromatic carbocycles. The van der Waals surface area contributed by atoms with Crippen molar-refractivity contribution in [2.24, 2.45) is 5.73 Å². The molecule has 0 heterocycles. The molecule has 94 valence electrons. The van der Waals surface area contributed by atoms with Crippen molar-refractivity contribution in [3.05, 3.63) is 23.8 Å². The van der Waals surface area contributed by atoms with E-state index in [9.17, 15) is 4.79 Å². The van der Waals surface area contributed by atoms with Crippen molar-refractivity contribution in [2.45, 2.75) is 32.6 Å². The lowest BCUT2D eigenvalue weighted by Crippen LogP contribution is -2.12. The predicted octanol–water partition coefficient (Wildman–Crippen LogP) is 2.36. The Balaban J connectivity index is 2.46. The molecule has 0 fully saturated rings. The van der Waals surface area contributed by atoms with Crippen LogP contribution in [-0.4, -0.2) is 12.5 Å². The van der Waals surface area contributed by atoms with Crippen LogP contribution in [0.2, 0.25) is 0 Å². The molecule has 4 heteroatoms. The maximum atomic E-state index is 10.9. The molecule has 1 rings (SSSR count). The van der Waals surface area contributed by atoms with Gasteiger partial charge < -0.3 is 16.8 Å². The lowest BCUT2D eigenvalue weighted by Gasteiger charge is -2.09. The van der Waals surface area contributed by atoms with E-state index in [0.29, 0.717) is 11.3 Å². The Morgan fingerprint density at radius 2 is 2.06 bits per heavy atom. The van der Waals surface area contributed by atoms with Gasteiger partial charge in [-0.2, -0.15) is 0 Å². The molecule has 5 N–H and O–H groups in total. The molecule has 0 aliphatic heterocycles. The number of anilines is 2. The van der Waals surface area contributed by atoms with Crippen LogP contribution in [-0.2, 0) is 0 Å². The Morgan fingerprint density at radius 1 is 1.29 bits per heavy atom. The van der Waals surface area contributed by atoms with E-state index in [1.165, 1.54) is 19.3 Å². The van der Waals surface area contributed by atoms with Crippen molar-refractivity contribution in [3.8, 4) is 0 Å². The van der Waals surface area contributed by atoms with E-state index in [0.717, 1.165) is 18.7 Å². The third-order valence-electron chi connectivity index (χ3n) is 2.68. The fraction of sp³-hybridized carbons (Fsp3) is 0.462. The second-order valence-electron chi connectivity index (χ2n) is 4.15. The van der Waals surface area contributed by atoms with E-state index in [1.807, 2.05) is 0 Å². The molecule has 0 aromatic heterocycles. The van der Waals surface area contributed by atoms with Crippen LogP contribution in [0.25, 0.3) is 0 Å².